The fourth-order valence-electron chi connectivity index (χ4n) is 2.42. The molecule has 1 rings (SSSR count). The third kappa shape index (κ3) is 5.46. The number of carbonyl (C=O) groups is 2. The lowest BCUT2D eigenvalue weighted by Crippen LogP contribution is -2.52. The van der Waals surface area contributed by atoms with E-state index in [9.17, 15) is 9.59 Å². The van der Waals surface area contributed by atoms with E-state index in [0.29, 0.717) is 19.1 Å². The third-order valence-electron chi connectivity index (χ3n) is 3.37. The van der Waals surface area contributed by atoms with E-state index in [1.54, 1.807) is 6.92 Å². The van der Waals surface area contributed by atoms with Crippen LogP contribution in [0, 0.1) is 5.92 Å². The van der Waals surface area contributed by atoms with E-state index >= 15 is 0 Å². The first-order valence-corrected chi connectivity index (χ1v) is 6.81. The topological polar surface area (TPSA) is 67.9 Å². The van der Waals surface area contributed by atoms with Crippen LogP contribution >= 0.6 is 0 Å². The quantitative estimate of drug-likeness (QED) is 0.756. The normalized spacial score (nSPS) is 23.7. The zero-order valence-corrected chi connectivity index (χ0v) is 12.0. The molecule has 2 unspecified atom stereocenters. The molecule has 1 fully saturated rings. The zero-order valence-electron chi connectivity index (χ0n) is 12.0. The number of carbonyl (C=O) groups excluding carboxylic acids is 2. The summed E-state index contributed by atoms with van der Waals surface area (Å²) in [5.41, 5.74) is 0. The van der Waals surface area contributed by atoms with Gasteiger partial charge in [0, 0.05) is 19.1 Å². The van der Waals surface area contributed by atoms with Gasteiger partial charge in [-0.05, 0) is 19.3 Å². The molecule has 1 heterocycles. The molecule has 0 aromatic carbocycles. The molecule has 0 aromatic rings. The average molecular weight is 272 g/mol. The predicted molar refractivity (Wildman–Crippen MR) is 70.8 cm³/mol. The molecule has 19 heavy (non-hydrogen) atoms. The fourth-order valence-corrected chi connectivity index (χ4v) is 2.42. The van der Waals surface area contributed by atoms with Crippen LogP contribution in [0.1, 0.15) is 26.7 Å². The number of likely N-dealkylation sites (tertiary alicyclic amines) is 1. The minimum Gasteiger partial charge on any atom is -0.468 e. The standard InChI is InChI=1S/C13H24N2O4/c1-4-10-6-11(14-13(17)19-5-2)8-15(7-10)9-12(16)18-3/h10-11H,4-9H2,1-3H3,(H,14,17). The second kappa shape index (κ2) is 7.99. The highest BCUT2D eigenvalue weighted by atomic mass is 16.5. The lowest BCUT2D eigenvalue weighted by molar-refractivity contribution is -0.142. The number of piperidine rings is 1. The molecule has 0 saturated carbocycles. The van der Waals surface area contributed by atoms with Crippen molar-refractivity contribution < 1.29 is 19.1 Å². The monoisotopic (exact) mass is 272 g/mol. The Morgan fingerprint density at radius 2 is 2.05 bits per heavy atom. The number of esters is 1. The van der Waals surface area contributed by atoms with Gasteiger partial charge in [-0.2, -0.15) is 0 Å². The summed E-state index contributed by atoms with van der Waals surface area (Å²) in [5.74, 6) is 0.233. The minimum atomic E-state index is -0.387. The summed E-state index contributed by atoms with van der Waals surface area (Å²) < 4.78 is 9.57. The molecule has 1 aliphatic rings. The molecule has 1 N–H and O–H groups in total. The number of ether oxygens (including phenoxy) is 2. The van der Waals surface area contributed by atoms with Crippen molar-refractivity contribution in [2.75, 3.05) is 33.4 Å². The van der Waals surface area contributed by atoms with Crippen LogP contribution in [0.2, 0.25) is 0 Å². The van der Waals surface area contributed by atoms with E-state index in [2.05, 4.69) is 17.0 Å². The Morgan fingerprint density at radius 3 is 2.63 bits per heavy atom. The van der Waals surface area contributed by atoms with Crippen LogP contribution in [0.4, 0.5) is 4.79 Å². The number of nitrogens with zero attached hydrogens (tertiary/aromatic N) is 1. The maximum absolute atomic E-state index is 11.4. The summed E-state index contributed by atoms with van der Waals surface area (Å²) in [4.78, 5) is 24.8. The summed E-state index contributed by atoms with van der Waals surface area (Å²) in [6.45, 7) is 6.05. The number of hydrogen-bond donors (Lipinski definition) is 1. The lowest BCUT2D eigenvalue weighted by Gasteiger charge is -2.36. The second-order valence-electron chi connectivity index (χ2n) is 4.84. The van der Waals surface area contributed by atoms with E-state index in [1.165, 1.54) is 7.11 Å². The van der Waals surface area contributed by atoms with Crippen LogP contribution < -0.4 is 5.32 Å². The maximum Gasteiger partial charge on any atom is 0.407 e. The van der Waals surface area contributed by atoms with Crippen molar-refractivity contribution in [2.45, 2.75) is 32.7 Å². The van der Waals surface area contributed by atoms with Gasteiger partial charge in [0.15, 0.2) is 0 Å². The van der Waals surface area contributed by atoms with Crippen LogP contribution in [0.25, 0.3) is 0 Å². The van der Waals surface area contributed by atoms with Crippen molar-refractivity contribution in [2.24, 2.45) is 5.92 Å². The van der Waals surface area contributed by atoms with Gasteiger partial charge in [0.25, 0.3) is 0 Å². The molecule has 0 spiro atoms. The smallest absolute Gasteiger partial charge is 0.407 e. The predicted octanol–water partition coefficient (Wildman–Crippen LogP) is 1.01. The molecule has 0 radical (unpaired) electrons. The fraction of sp³-hybridized carbons (Fsp3) is 0.846. The zero-order chi connectivity index (χ0) is 14.3. The molecule has 6 heteroatoms. The van der Waals surface area contributed by atoms with E-state index in [-0.39, 0.29) is 24.6 Å². The van der Waals surface area contributed by atoms with Gasteiger partial charge in [-0.25, -0.2) is 4.79 Å². The summed E-state index contributed by atoms with van der Waals surface area (Å²) in [6.07, 6.45) is 1.56. The van der Waals surface area contributed by atoms with Gasteiger partial charge in [-0.3, -0.25) is 9.69 Å². The number of amides is 1. The molecule has 1 saturated heterocycles. The third-order valence-corrected chi connectivity index (χ3v) is 3.37. The van der Waals surface area contributed by atoms with Crippen LogP contribution in [-0.2, 0) is 14.3 Å². The van der Waals surface area contributed by atoms with Crippen molar-refractivity contribution in [3.8, 4) is 0 Å². The highest BCUT2D eigenvalue weighted by Gasteiger charge is 2.28. The first-order chi connectivity index (χ1) is 9.08. The number of alkyl carbamates (subject to hydrolysis) is 1. The molecule has 2 atom stereocenters. The van der Waals surface area contributed by atoms with E-state index < -0.39 is 0 Å². The van der Waals surface area contributed by atoms with Gasteiger partial charge in [0.05, 0.1) is 20.3 Å². The molecular formula is C13H24N2O4. The number of methoxy groups -OCH3 is 1. The minimum absolute atomic E-state index is 0.0300. The van der Waals surface area contributed by atoms with E-state index in [0.717, 1.165) is 19.4 Å². The van der Waals surface area contributed by atoms with Gasteiger partial charge < -0.3 is 14.8 Å². The molecule has 0 bridgehead atoms. The summed E-state index contributed by atoms with van der Waals surface area (Å²) in [5, 5.41) is 2.85. The van der Waals surface area contributed by atoms with Crippen molar-refractivity contribution in [3.63, 3.8) is 0 Å². The van der Waals surface area contributed by atoms with Crippen molar-refractivity contribution in [1.82, 2.24) is 10.2 Å². The van der Waals surface area contributed by atoms with Crippen molar-refractivity contribution >= 4 is 12.1 Å². The summed E-state index contributed by atoms with van der Waals surface area (Å²) in [6, 6.07) is 0.0300. The Labute approximate surface area is 114 Å². The van der Waals surface area contributed by atoms with E-state index in [1.807, 2.05) is 4.90 Å². The molecule has 0 aliphatic carbocycles. The van der Waals surface area contributed by atoms with E-state index in [4.69, 9.17) is 4.74 Å². The molecular weight excluding hydrogens is 248 g/mol. The van der Waals surface area contributed by atoms with Gasteiger partial charge in [0.2, 0.25) is 0 Å². The maximum atomic E-state index is 11.4. The molecule has 110 valence electrons. The van der Waals surface area contributed by atoms with Crippen molar-refractivity contribution in [1.29, 1.82) is 0 Å². The number of hydrogen-bond acceptors (Lipinski definition) is 5. The first kappa shape index (κ1) is 15.8. The van der Waals surface area contributed by atoms with Crippen LogP contribution in [0.15, 0.2) is 0 Å². The summed E-state index contributed by atoms with van der Waals surface area (Å²) >= 11 is 0. The molecule has 1 aliphatic heterocycles. The highest BCUT2D eigenvalue weighted by molar-refractivity contribution is 5.71. The van der Waals surface area contributed by atoms with Gasteiger partial charge in [-0.15, -0.1) is 0 Å². The molecule has 0 aromatic heterocycles. The van der Waals surface area contributed by atoms with Crippen molar-refractivity contribution in [3.05, 3.63) is 0 Å². The van der Waals surface area contributed by atoms with Gasteiger partial charge >= 0.3 is 12.1 Å². The average Bonchev–Trinajstić information content (AvgIpc) is 2.38. The Balaban J connectivity index is 2.52. The Bertz CT molecular complexity index is 309. The van der Waals surface area contributed by atoms with Crippen LogP contribution in [-0.4, -0.2) is 56.4 Å². The summed E-state index contributed by atoms with van der Waals surface area (Å²) in [7, 11) is 1.39. The highest BCUT2D eigenvalue weighted by Crippen LogP contribution is 2.19. The Hall–Kier alpha value is -1.30. The SMILES string of the molecule is CCOC(=O)NC1CC(CC)CN(CC(=O)OC)C1. The van der Waals surface area contributed by atoms with Gasteiger partial charge in [-0.1, -0.05) is 13.3 Å². The second-order valence-corrected chi connectivity index (χ2v) is 4.84. The number of nitrogens with one attached hydrogen (secondary N) is 1. The largest absolute Gasteiger partial charge is 0.468 e. The van der Waals surface area contributed by atoms with Gasteiger partial charge in [0.1, 0.15) is 0 Å². The van der Waals surface area contributed by atoms with Crippen LogP contribution in [0.3, 0.4) is 0 Å². The Kier molecular flexibility index (Phi) is 6.62. The first-order valence-electron chi connectivity index (χ1n) is 6.81. The molecule has 1 amide bonds. The van der Waals surface area contributed by atoms with Crippen LogP contribution in [0.5, 0.6) is 0 Å². The molecule has 6 nitrogen and oxygen atoms in total. The lowest BCUT2D eigenvalue weighted by atomic mass is 9.92. The Morgan fingerprint density at radius 1 is 1.32 bits per heavy atom. The number of rotatable bonds is 5.